The molecule has 1 saturated heterocycles. The van der Waals surface area contributed by atoms with Crippen molar-refractivity contribution in [2.24, 2.45) is 0 Å². The maximum atomic E-state index is 13.8. The highest BCUT2D eigenvalue weighted by Gasteiger charge is 2.36. The number of carbonyl (C=O) groups excluding carboxylic acids is 3. The number of nitrogens with zero attached hydrogens (tertiary/aromatic N) is 3. The minimum Gasteiger partial charge on any atom is -0.493 e. The Kier molecular flexibility index (Phi) is 8.99. The Bertz CT molecular complexity index is 1580. The number of nitrogen functional groups attached to an aromatic ring is 1. The zero-order valence-electron chi connectivity index (χ0n) is 25.3. The van der Waals surface area contributed by atoms with Gasteiger partial charge < -0.3 is 35.5 Å². The lowest BCUT2D eigenvalue weighted by Crippen LogP contribution is -2.58. The third-order valence-electron chi connectivity index (χ3n) is 8.51. The Morgan fingerprint density at radius 2 is 1.80 bits per heavy atom. The molecule has 0 saturated carbocycles. The fourth-order valence-corrected chi connectivity index (χ4v) is 6.12. The molecule has 3 aromatic rings. The minimum absolute atomic E-state index is 0.0602. The summed E-state index contributed by atoms with van der Waals surface area (Å²) in [6.45, 7) is 0.764. The van der Waals surface area contributed by atoms with Crippen LogP contribution in [0.25, 0.3) is 0 Å². The second-order valence-electron chi connectivity index (χ2n) is 11.6. The van der Waals surface area contributed by atoms with Gasteiger partial charge in [0.05, 0.1) is 13.2 Å². The van der Waals surface area contributed by atoms with E-state index in [-0.39, 0.29) is 36.8 Å². The Labute approximate surface area is 261 Å². The summed E-state index contributed by atoms with van der Waals surface area (Å²) in [5.74, 6) is 0.952. The number of anilines is 1. The van der Waals surface area contributed by atoms with Crippen LogP contribution in [0.5, 0.6) is 17.2 Å². The zero-order chi connectivity index (χ0) is 31.3. The topological polar surface area (TPSA) is 158 Å². The smallest absolute Gasteiger partial charge is 0.273 e. The zero-order valence-corrected chi connectivity index (χ0v) is 25.3. The van der Waals surface area contributed by atoms with E-state index >= 15 is 0 Å². The maximum Gasteiger partial charge on any atom is 0.273 e. The highest BCUT2D eigenvalue weighted by atomic mass is 16.5. The lowest BCUT2D eigenvalue weighted by molar-refractivity contribution is -0.125. The summed E-state index contributed by atoms with van der Waals surface area (Å²) in [4.78, 5) is 50.0. The first-order valence-corrected chi connectivity index (χ1v) is 15.4. The van der Waals surface area contributed by atoms with Gasteiger partial charge >= 0.3 is 0 Å². The van der Waals surface area contributed by atoms with Crippen LogP contribution in [0, 0.1) is 0 Å². The van der Waals surface area contributed by atoms with E-state index in [1.807, 2.05) is 36.4 Å². The van der Waals surface area contributed by atoms with Crippen molar-refractivity contribution in [3.63, 3.8) is 0 Å². The van der Waals surface area contributed by atoms with Gasteiger partial charge in [0, 0.05) is 43.7 Å². The third-order valence-corrected chi connectivity index (χ3v) is 8.51. The molecule has 5 aliphatic heterocycles. The predicted molar refractivity (Wildman–Crippen MR) is 165 cm³/mol. The number of benzene rings is 2. The van der Waals surface area contributed by atoms with Crippen molar-refractivity contribution in [3.8, 4) is 17.2 Å². The monoisotopic (exact) mass is 614 g/mol. The predicted octanol–water partition coefficient (Wildman–Crippen LogP) is 2.37. The molecule has 1 aromatic heterocycles. The van der Waals surface area contributed by atoms with Crippen LogP contribution in [-0.4, -0.2) is 71.5 Å². The van der Waals surface area contributed by atoms with Gasteiger partial charge in [0.25, 0.3) is 11.8 Å². The average molecular weight is 615 g/mol. The molecule has 0 unspecified atom stereocenters. The van der Waals surface area contributed by atoms with Crippen LogP contribution in [0.15, 0.2) is 42.5 Å². The Morgan fingerprint density at radius 1 is 1.00 bits per heavy atom. The number of rotatable bonds is 2. The van der Waals surface area contributed by atoms with Crippen molar-refractivity contribution in [1.82, 2.24) is 25.5 Å². The number of nitrogens with two attached hydrogens (primary N) is 1. The van der Waals surface area contributed by atoms with Crippen LogP contribution in [0.3, 0.4) is 0 Å². The molecule has 0 radical (unpaired) electrons. The van der Waals surface area contributed by atoms with Gasteiger partial charge in [0.2, 0.25) is 11.9 Å². The number of ether oxygens (including phenoxy) is 3. The number of aromatic nitrogens is 2. The van der Waals surface area contributed by atoms with Gasteiger partial charge in [-0.25, -0.2) is 9.97 Å². The molecule has 6 heterocycles. The molecule has 4 bridgehead atoms. The number of piperidine rings is 1. The number of nitrogens with one attached hydrogen (secondary N) is 2. The average Bonchev–Trinajstić information content (AvgIpc) is 3.05. The summed E-state index contributed by atoms with van der Waals surface area (Å²) >= 11 is 0. The molecule has 236 valence electrons. The molecule has 2 aromatic carbocycles. The van der Waals surface area contributed by atoms with Crippen LogP contribution in [-0.2, 0) is 35.4 Å². The molecule has 6 aliphatic rings. The molecule has 1 fully saturated rings. The van der Waals surface area contributed by atoms with Crippen molar-refractivity contribution in [3.05, 3.63) is 70.5 Å². The van der Waals surface area contributed by atoms with Gasteiger partial charge in [-0.05, 0) is 67.5 Å². The fraction of sp³-hybridized carbons (Fsp3) is 0.424. The Hall–Kier alpha value is -4.87. The lowest BCUT2D eigenvalue weighted by atomic mass is 9.93. The molecular formula is C33H38N6O6. The number of hydrogen-bond acceptors (Lipinski definition) is 9. The summed E-state index contributed by atoms with van der Waals surface area (Å²) in [5, 5.41) is 6.01. The van der Waals surface area contributed by atoms with Crippen molar-refractivity contribution >= 4 is 23.7 Å². The molecule has 12 heteroatoms. The molecule has 3 amide bonds. The van der Waals surface area contributed by atoms with E-state index < -0.39 is 12.1 Å². The third kappa shape index (κ3) is 7.11. The molecule has 12 nitrogen and oxygen atoms in total. The molecule has 9 rings (SSSR count). The van der Waals surface area contributed by atoms with Crippen LogP contribution in [0.4, 0.5) is 5.95 Å². The summed E-state index contributed by atoms with van der Waals surface area (Å²) in [6, 6.07) is 12.4. The second-order valence-corrected chi connectivity index (χ2v) is 11.6. The van der Waals surface area contributed by atoms with Crippen LogP contribution in [0.1, 0.15) is 58.6 Å². The fourth-order valence-electron chi connectivity index (χ4n) is 6.12. The van der Waals surface area contributed by atoms with Crippen molar-refractivity contribution < 1.29 is 28.6 Å². The molecule has 1 aliphatic carbocycles. The van der Waals surface area contributed by atoms with E-state index in [4.69, 9.17) is 19.9 Å². The van der Waals surface area contributed by atoms with Crippen LogP contribution in [0.2, 0.25) is 0 Å². The second kappa shape index (κ2) is 13.4. The Morgan fingerprint density at radius 3 is 2.62 bits per heavy atom. The van der Waals surface area contributed by atoms with Gasteiger partial charge in [-0.3, -0.25) is 14.4 Å². The standard InChI is InChI=1S/C33H38N6O6/c1-43-28-16-20-8-12-27(28)44-19-30(41)36-25-18-39(32(42)31-23-4-2-3-5-24(23)37-33(34)38-31)15-14-26(25)45-22-10-6-21(7-11-22)17-35-29(40)13-9-20/h6-8,10-12,16,25-26H,2-5,9,13-15,17-19H2,1H3,(H,35,40)(H,36,41)(H2,34,37,38)/t25-,26-/m1/s1. The normalized spacial score (nSPS) is 20.5. The summed E-state index contributed by atoms with van der Waals surface area (Å²) in [7, 11) is 1.53. The molecule has 45 heavy (non-hydrogen) atoms. The first kappa shape index (κ1) is 30.2. The van der Waals surface area contributed by atoms with E-state index in [0.29, 0.717) is 55.3 Å². The molecule has 2 atom stereocenters. The SMILES string of the molecule is COc1cc2ccc1OCC(=O)N[C@@H]1CN(C(=O)c3nc(N)nc4c3CCCC4)CC[C@H]1Oc1ccc(cc1)CNC(=O)CC2. The highest BCUT2D eigenvalue weighted by molar-refractivity contribution is 5.94. The van der Waals surface area contributed by atoms with Gasteiger partial charge in [0.15, 0.2) is 18.1 Å². The van der Waals surface area contributed by atoms with Crippen molar-refractivity contribution in [1.29, 1.82) is 0 Å². The summed E-state index contributed by atoms with van der Waals surface area (Å²) in [5.41, 5.74) is 9.90. The number of methoxy groups -OCH3 is 1. The van der Waals surface area contributed by atoms with E-state index in [1.54, 1.807) is 11.0 Å². The van der Waals surface area contributed by atoms with Gasteiger partial charge in [-0.1, -0.05) is 18.2 Å². The number of likely N-dealkylation sites (tertiary alicyclic amines) is 1. The quantitative estimate of drug-likeness (QED) is 0.394. The first-order valence-electron chi connectivity index (χ1n) is 15.4. The molecular weight excluding hydrogens is 576 g/mol. The number of fused-ring (bicyclic) bond motifs is 1. The number of hydrogen-bond donors (Lipinski definition) is 3. The van der Waals surface area contributed by atoms with Gasteiger partial charge in [0.1, 0.15) is 17.5 Å². The Balaban J connectivity index is 1.25. The summed E-state index contributed by atoms with van der Waals surface area (Å²) < 4.78 is 17.7. The van der Waals surface area contributed by atoms with E-state index in [1.165, 1.54) is 7.11 Å². The number of aryl methyl sites for hydroxylation is 2. The van der Waals surface area contributed by atoms with E-state index in [9.17, 15) is 14.4 Å². The van der Waals surface area contributed by atoms with E-state index in [0.717, 1.165) is 48.1 Å². The number of carbonyl (C=O) groups is 3. The number of amides is 3. The highest BCUT2D eigenvalue weighted by Crippen LogP contribution is 2.29. The van der Waals surface area contributed by atoms with E-state index in [2.05, 4.69) is 20.6 Å². The lowest BCUT2D eigenvalue weighted by Gasteiger charge is -2.39. The van der Waals surface area contributed by atoms with Gasteiger partial charge in [-0.2, -0.15) is 0 Å². The minimum atomic E-state index is -0.525. The maximum absolute atomic E-state index is 13.8. The molecule has 4 N–H and O–H groups in total. The van der Waals surface area contributed by atoms with Crippen molar-refractivity contribution in [2.75, 3.05) is 32.5 Å². The molecule has 0 spiro atoms. The summed E-state index contributed by atoms with van der Waals surface area (Å²) in [6.07, 6.45) is 4.39. The van der Waals surface area contributed by atoms with Crippen LogP contribution < -0.4 is 30.6 Å². The van der Waals surface area contributed by atoms with Crippen molar-refractivity contribution in [2.45, 2.75) is 63.6 Å². The largest absolute Gasteiger partial charge is 0.493 e. The van der Waals surface area contributed by atoms with Gasteiger partial charge in [-0.15, -0.1) is 0 Å². The van der Waals surface area contributed by atoms with Crippen LogP contribution >= 0.6 is 0 Å². The first-order chi connectivity index (χ1) is 21.9.